The summed E-state index contributed by atoms with van der Waals surface area (Å²) in [6.07, 6.45) is 0.879. The van der Waals surface area contributed by atoms with Crippen molar-refractivity contribution in [2.75, 3.05) is 11.9 Å². The van der Waals surface area contributed by atoms with Gasteiger partial charge in [-0.25, -0.2) is 4.98 Å². The lowest BCUT2D eigenvalue weighted by Crippen LogP contribution is -2.23. The molecule has 6 heteroatoms. The first-order chi connectivity index (χ1) is 11.6. The van der Waals surface area contributed by atoms with Crippen molar-refractivity contribution in [3.63, 3.8) is 0 Å². The molecule has 0 radical (unpaired) electrons. The van der Waals surface area contributed by atoms with Gasteiger partial charge in [0.2, 0.25) is 0 Å². The van der Waals surface area contributed by atoms with Crippen molar-refractivity contribution in [1.82, 2.24) is 4.98 Å². The molecule has 2 aromatic heterocycles. The zero-order chi connectivity index (χ0) is 16.9. The second-order valence-corrected chi connectivity index (χ2v) is 7.76. The number of aryl methyl sites for hydroxylation is 2. The Morgan fingerprint density at radius 3 is 2.67 bits per heavy atom. The number of nitrogens with zero attached hydrogens (tertiary/aromatic N) is 2. The molecule has 24 heavy (non-hydrogen) atoms. The van der Waals surface area contributed by atoms with Crippen LogP contribution < -0.4 is 11.1 Å². The number of hydrogen-bond acceptors (Lipinski definition) is 4. The zero-order valence-corrected chi connectivity index (χ0v) is 15.4. The molecule has 0 bridgehead atoms. The molecule has 1 aromatic carbocycles. The lowest BCUT2D eigenvalue weighted by atomic mass is 10.2. The van der Waals surface area contributed by atoms with E-state index in [1.165, 1.54) is 15.3 Å². The Labute approximate surface area is 150 Å². The van der Waals surface area contributed by atoms with Crippen molar-refractivity contribution < 1.29 is 0 Å². The highest BCUT2D eigenvalue weighted by Crippen LogP contribution is 2.29. The van der Waals surface area contributed by atoms with Crippen LogP contribution in [0.2, 0.25) is 0 Å². The van der Waals surface area contributed by atoms with Crippen LogP contribution in [0.4, 0.5) is 5.69 Å². The van der Waals surface area contributed by atoms with Crippen molar-refractivity contribution in [3.05, 3.63) is 57.2 Å². The van der Waals surface area contributed by atoms with E-state index >= 15 is 0 Å². The van der Waals surface area contributed by atoms with Gasteiger partial charge in [-0.2, -0.15) is 0 Å². The summed E-state index contributed by atoms with van der Waals surface area (Å²) in [6, 6.07) is 12.4. The first kappa shape index (κ1) is 16.7. The lowest BCUT2D eigenvalue weighted by Gasteiger charge is -2.05. The van der Waals surface area contributed by atoms with Crippen molar-refractivity contribution in [3.8, 4) is 10.6 Å². The number of guanidine groups is 1. The standard InChI is InChI=1S/C18H20N4S2/c1-12-3-5-14(6-4-12)22-18(19)20-10-9-15-7-8-17(24-15)16-11-23-13(2)21-16/h3-8,11H,9-10H2,1-2H3,(H3,19,20,22). The van der Waals surface area contributed by atoms with E-state index in [0.29, 0.717) is 12.5 Å². The molecule has 0 amide bonds. The number of nitrogens with two attached hydrogens (primary N) is 1. The van der Waals surface area contributed by atoms with Gasteiger partial charge in [-0.05, 0) is 38.1 Å². The van der Waals surface area contributed by atoms with E-state index < -0.39 is 0 Å². The minimum Gasteiger partial charge on any atom is -0.370 e. The topological polar surface area (TPSA) is 63.3 Å². The molecule has 3 aromatic rings. The van der Waals surface area contributed by atoms with Crippen molar-refractivity contribution in [2.45, 2.75) is 20.3 Å². The predicted molar refractivity (Wildman–Crippen MR) is 105 cm³/mol. The summed E-state index contributed by atoms with van der Waals surface area (Å²) in [7, 11) is 0. The zero-order valence-electron chi connectivity index (χ0n) is 13.7. The Morgan fingerprint density at radius 1 is 1.17 bits per heavy atom. The first-order valence-electron chi connectivity index (χ1n) is 7.75. The highest BCUT2D eigenvalue weighted by atomic mass is 32.1. The molecule has 124 valence electrons. The lowest BCUT2D eigenvalue weighted by molar-refractivity contribution is 0.983. The van der Waals surface area contributed by atoms with Crippen LogP contribution in [0.3, 0.4) is 0 Å². The normalized spacial score (nSPS) is 11.7. The van der Waals surface area contributed by atoms with Crippen molar-refractivity contribution in [1.29, 1.82) is 0 Å². The maximum absolute atomic E-state index is 5.94. The Balaban J connectivity index is 1.54. The summed E-state index contributed by atoms with van der Waals surface area (Å²) >= 11 is 3.45. The summed E-state index contributed by atoms with van der Waals surface area (Å²) in [5, 5.41) is 6.31. The number of rotatable bonds is 5. The minimum absolute atomic E-state index is 0.450. The largest absolute Gasteiger partial charge is 0.370 e. The highest BCUT2D eigenvalue weighted by Gasteiger charge is 2.06. The smallest absolute Gasteiger partial charge is 0.193 e. The molecule has 0 aliphatic carbocycles. The summed E-state index contributed by atoms with van der Waals surface area (Å²) in [5.74, 6) is 0.450. The van der Waals surface area contributed by atoms with Crippen LogP contribution in [-0.4, -0.2) is 17.5 Å². The molecule has 0 saturated carbocycles. The van der Waals surface area contributed by atoms with Crippen LogP contribution >= 0.6 is 22.7 Å². The van der Waals surface area contributed by atoms with Crippen LogP contribution in [0.25, 0.3) is 10.6 Å². The van der Waals surface area contributed by atoms with E-state index in [-0.39, 0.29) is 0 Å². The second-order valence-electron chi connectivity index (χ2n) is 5.53. The maximum atomic E-state index is 5.94. The van der Waals surface area contributed by atoms with E-state index in [0.717, 1.165) is 22.8 Å². The summed E-state index contributed by atoms with van der Waals surface area (Å²) in [4.78, 5) is 11.4. The molecule has 0 saturated heterocycles. The van der Waals surface area contributed by atoms with E-state index in [1.54, 1.807) is 22.7 Å². The number of hydrogen-bond donors (Lipinski definition) is 2. The Morgan fingerprint density at radius 2 is 1.96 bits per heavy atom. The van der Waals surface area contributed by atoms with Gasteiger partial charge in [-0.15, -0.1) is 22.7 Å². The molecule has 4 nitrogen and oxygen atoms in total. The van der Waals surface area contributed by atoms with Gasteiger partial charge in [0, 0.05) is 28.9 Å². The summed E-state index contributed by atoms with van der Waals surface area (Å²) in [6.45, 7) is 4.76. The number of anilines is 1. The number of nitrogens with one attached hydrogen (secondary N) is 1. The fraction of sp³-hybridized carbons (Fsp3) is 0.222. The number of aromatic nitrogens is 1. The molecule has 3 rings (SSSR count). The van der Waals surface area contributed by atoms with E-state index in [2.05, 4.69) is 39.7 Å². The maximum Gasteiger partial charge on any atom is 0.193 e. The fourth-order valence-electron chi connectivity index (χ4n) is 2.24. The summed E-state index contributed by atoms with van der Waals surface area (Å²) in [5.41, 5.74) is 9.19. The van der Waals surface area contributed by atoms with Crippen LogP contribution in [0.1, 0.15) is 15.4 Å². The number of thiophene rings is 1. The van der Waals surface area contributed by atoms with Gasteiger partial charge < -0.3 is 11.1 Å². The van der Waals surface area contributed by atoms with Gasteiger partial charge in [0.1, 0.15) is 0 Å². The summed E-state index contributed by atoms with van der Waals surface area (Å²) < 4.78 is 0. The van der Waals surface area contributed by atoms with Gasteiger partial charge in [0.25, 0.3) is 0 Å². The molecule has 0 atom stereocenters. The quantitative estimate of drug-likeness (QED) is 0.524. The third-order valence-electron chi connectivity index (χ3n) is 3.50. The van der Waals surface area contributed by atoms with Crippen LogP contribution in [-0.2, 0) is 6.42 Å². The van der Waals surface area contributed by atoms with Crippen LogP contribution in [0.5, 0.6) is 0 Å². The molecular weight excluding hydrogens is 336 g/mol. The molecule has 0 aliphatic heterocycles. The van der Waals surface area contributed by atoms with Crippen LogP contribution in [0.15, 0.2) is 46.8 Å². The van der Waals surface area contributed by atoms with Gasteiger partial charge >= 0.3 is 0 Å². The molecular formula is C18H20N4S2. The third kappa shape index (κ3) is 4.43. The van der Waals surface area contributed by atoms with Gasteiger partial charge in [-0.1, -0.05) is 17.7 Å². The average Bonchev–Trinajstić information content (AvgIpc) is 3.18. The Bertz CT molecular complexity index is 831. The molecule has 0 aliphatic rings. The van der Waals surface area contributed by atoms with Gasteiger partial charge in [-0.3, -0.25) is 4.99 Å². The first-order valence-corrected chi connectivity index (χ1v) is 9.44. The number of aliphatic imine (C=N–C) groups is 1. The van der Waals surface area contributed by atoms with Crippen molar-refractivity contribution >= 4 is 34.3 Å². The molecule has 3 N–H and O–H groups in total. The average molecular weight is 357 g/mol. The number of thiazole rings is 1. The minimum atomic E-state index is 0.450. The van der Waals surface area contributed by atoms with E-state index in [1.807, 2.05) is 31.2 Å². The second kappa shape index (κ2) is 7.59. The van der Waals surface area contributed by atoms with Gasteiger partial charge in [0.15, 0.2) is 5.96 Å². The molecule has 0 unspecified atom stereocenters. The third-order valence-corrected chi connectivity index (χ3v) is 5.44. The Hall–Kier alpha value is -2.18. The fourth-order valence-corrected chi connectivity index (χ4v) is 3.88. The monoisotopic (exact) mass is 356 g/mol. The highest BCUT2D eigenvalue weighted by molar-refractivity contribution is 7.16. The van der Waals surface area contributed by atoms with Gasteiger partial charge in [0.05, 0.1) is 15.6 Å². The van der Waals surface area contributed by atoms with E-state index in [4.69, 9.17) is 5.73 Å². The molecule has 0 spiro atoms. The van der Waals surface area contributed by atoms with E-state index in [9.17, 15) is 0 Å². The molecule has 2 heterocycles. The number of benzene rings is 1. The predicted octanol–water partition coefficient (Wildman–Crippen LogP) is 4.46. The van der Waals surface area contributed by atoms with Crippen molar-refractivity contribution in [2.24, 2.45) is 10.7 Å². The molecule has 0 fully saturated rings. The Kier molecular flexibility index (Phi) is 5.27. The SMILES string of the molecule is Cc1ccc(NC(N)=NCCc2ccc(-c3csc(C)n3)s2)cc1. The van der Waals surface area contributed by atoms with Crippen LogP contribution in [0, 0.1) is 13.8 Å².